The van der Waals surface area contributed by atoms with Gasteiger partial charge in [-0.1, -0.05) is 19.9 Å². The van der Waals surface area contributed by atoms with Crippen LogP contribution in [0.25, 0.3) is 0 Å². The van der Waals surface area contributed by atoms with E-state index in [2.05, 4.69) is 4.98 Å². The van der Waals surface area contributed by atoms with E-state index in [1.165, 1.54) is 0 Å². The van der Waals surface area contributed by atoms with Crippen molar-refractivity contribution in [1.82, 2.24) is 4.98 Å². The Bertz CT molecular complexity index is 299. The molecule has 0 saturated heterocycles. The number of aryl methyl sites for hydroxylation is 1. The second-order valence-corrected chi connectivity index (χ2v) is 3.97. The first-order valence-corrected chi connectivity index (χ1v) is 4.89. The van der Waals surface area contributed by atoms with Gasteiger partial charge in [0.05, 0.1) is 5.69 Å². The summed E-state index contributed by atoms with van der Waals surface area (Å²) in [5.74, 6) is 0.242. The van der Waals surface area contributed by atoms with Crippen LogP contribution in [0.1, 0.15) is 31.2 Å². The number of nitrogens with two attached hydrogens (primary N) is 1. The van der Waals surface area contributed by atoms with Crippen LogP contribution in [-0.4, -0.2) is 16.1 Å². The van der Waals surface area contributed by atoms with Crippen LogP contribution in [0.3, 0.4) is 0 Å². The van der Waals surface area contributed by atoms with Gasteiger partial charge in [0.1, 0.15) is 6.10 Å². The van der Waals surface area contributed by atoms with Gasteiger partial charge in [-0.05, 0) is 24.5 Å². The fraction of sp³-hybridized carbons (Fsp3) is 0.545. The molecule has 1 heterocycles. The van der Waals surface area contributed by atoms with Gasteiger partial charge >= 0.3 is 0 Å². The molecule has 14 heavy (non-hydrogen) atoms. The first-order chi connectivity index (χ1) is 6.54. The van der Waals surface area contributed by atoms with E-state index in [0.717, 1.165) is 5.56 Å². The molecule has 0 amide bonds. The molecule has 78 valence electrons. The van der Waals surface area contributed by atoms with Gasteiger partial charge in [0.2, 0.25) is 0 Å². The lowest BCUT2D eigenvalue weighted by Crippen LogP contribution is -2.34. The molecular formula is C11H18N2O. The number of aliphatic hydroxyl groups excluding tert-OH is 1. The molecule has 3 heteroatoms. The standard InChI is InChI=1S/C11H18N2O/c1-7(2)9(12)11(14)10-8(3)5-4-6-13-10/h4-7,9,11,14H,12H2,1-3H3. The molecule has 1 aromatic rings. The molecule has 0 fully saturated rings. The van der Waals surface area contributed by atoms with E-state index in [1.54, 1.807) is 6.20 Å². The Hall–Kier alpha value is -0.930. The minimum atomic E-state index is -0.670. The Labute approximate surface area is 85.0 Å². The van der Waals surface area contributed by atoms with Crippen LogP contribution >= 0.6 is 0 Å². The van der Waals surface area contributed by atoms with Crippen LogP contribution in [0.2, 0.25) is 0 Å². The van der Waals surface area contributed by atoms with Crippen molar-refractivity contribution in [2.45, 2.75) is 32.9 Å². The minimum Gasteiger partial charge on any atom is -0.385 e. The second kappa shape index (κ2) is 4.53. The highest BCUT2D eigenvalue weighted by molar-refractivity contribution is 5.21. The third kappa shape index (κ3) is 2.30. The molecule has 3 nitrogen and oxygen atoms in total. The molecule has 0 spiro atoms. The lowest BCUT2D eigenvalue weighted by Gasteiger charge is -2.22. The van der Waals surface area contributed by atoms with Crippen molar-refractivity contribution in [3.05, 3.63) is 29.6 Å². The topological polar surface area (TPSA) is 59.1 Å². The zero-order chi connectivity index (χ0) is 10.7. The SMILES string of the molecule is Cc1cccnc1C(O)C(N)C(C)C. The number of aromatic nitrogens is 1. The number of rotatable bonds is 3. The Balaban J connectivity index is 2.89. The fourth-order valence-electron chi connectivity index (χ4n) is 1.35. The number of pyridine rings is 1. The first-order valence-electron chi connectivity index (χ1n) is 4.89. The number of hydrogen-bond acceptors (Lipinski definition) is 3. The Morgan fingerprint density at radius 1 is 1.43 bits per heavy atom. The number of nitrogens with zero attached hydrogens (tertiary/aromatic N) is 1. The molecule has 0 radical (unpaired) electrons. The molecule has 0 saturated carbocycles. The van der Waals surface area contributed by atoms with Crippen molar-refractivity contribution in [1.29, 1.82) is 0 Å². The highest BCUT2D eigenvalue weighted by Crippen LogP contribution is 2.20. The fourth-order valence-corrected chi connectivity index (χ4v) is 1.35. The van der Waals surface area contributed by atoms with Crippen LogP contribution in [0.5, 0.6) is 0 Å². The maximum absolute atomic E-state index is 9.95. The lowest BCUT2D eigenvalue weighted by atomic mass is 9.95. The van der Waals surface area contributed by atoms with Gasteiger partial charge in [-0.3, -0.25) is 4.98 Å². The Morgan fingerprint density at radius 3 is 2.57 bits per heavy atom. The second-order valence-electron chi connectivity index (χ2n) is 3.97. The quantitative estimate of drug-likeness (QED) is 0.764. The van der Waals surface area contributed by atoms with Gasteiger partial charge < -0.3 is 10.8 Å². The van der Waals surface area contributed by atoms with E-state index in [-0.39, 0.29) is 12.0 Å². The van der Waals surface area contributed by atoms with Gasteiger partial charge in [0.25, 0.3) is 0 Å². The number of hydrogen-bond donors (Lipinski definition) is 2. The average molecular weight is 194 g/mol. The van der Waals surface area contributed by atoms with Crippen LogP contribution in [0.15, 0.2) is 18.3 Å². The summed E-state index contributed by atoms with van der Waals surface area (Å²) in [6.07, 6.45) is 1.01. The number of aliphatic hydroxyl groups is 1. The first kappa shape index (κ1) is 11.1. The van der Waals surface area contributed by atoms with Gasteiger partial charge in [0, 0.05) is 12.2 Å². The zero-order valence-electron chi connectivity index (χ0n) is 8.94. The molecule has 3 N–H and O–H groups in total. The summed E-state index contributed by atoms with van der Waals surface area (Å²) < 4.78 is 0. The molecule has 1 rings (SSSR count). The normalized spacial score (nSPS) is 15.6. The van der Waals surface area contributed by atoms with E-state index in [4.69, 9.17) is 5.73 Å². The zero-order valence-corrected chi connectivity index (χ0v) is 8.94. The van der Waals surface area contributed by atoms with E-state index < -0.39 is 6.10 Å². The smallest absolute Gasteiger partial charge is 0.111 e. The predicted molar refractivity (Wildman–Crippen MR) is 56.7 cm³/mol. The lowest BCUT2D eigenvalue weighted by molar-refractivity contribution is 0.121. The highest BCUT2D eigenvalue weighted by Gasteiger charge is 2.22. The van der Waals surface area contributed by atoms with Crippen LogP contribution in [-0.2, 0) is 0 Å². The molecular weight excluding hydrogens is 176 g/mol. The predicted octanol–water partition coefficient (Wildman–Crippen LogP) is 1.41. The van der Waals surface area contributed by atoms with Crippen molar-refractivity contribution in [2.75, 3.05) is 0 Å². The van der Waals surface area contributed by atoms with Crippen molar-refractivity contribution < 1.29 is 5.11 Å². The van der Waals surface area contributed by atoms with E-state index in [9.17, 15) is 5.11 Å². The average Bonchev–Trinajstić information content (AvgIpc) is 2.16. The van der Waals surface area contributed by atoms with Crippen LogP contribution < -0.4 is 5.73 Å². The summed E-state index contributed by atoms with van der Waals surface area (Å²) in [5, 5.41) is 9.95. The van der Waals surface area contributed by atoms with Gasteiger partial charge in [0.15, 0.2) is 0 Å². The van der Waals surface area contributed by atoms with Crippen LogP contribution in [0.4, 0.5) is 0 Å². The summed E-state index contributed by atoms with van der Waals surface area (Å²) in [6.45, 7) is 5.91. The van der Waals surface area contributed by atoms with Crippen molar-refractivity contribution in [3.63, 3.8) is 0 Å². The molecule has 2 unspecified atom stereocenters. The molecule has 1 aromatic heterocycles. The van der Waals surface area contributed by atoms with E-state index >= 15 is 0 Å². The minimum absolute atomic E-state index is 0.242. The third-order valence-electron chi connectivity index (χ3n) is 2.46. The van der Waals surface area contributed by atoms with Crippen molar-refractivity contribution in [2.24, 2.45) is 11.7 Å². The van der Waals surface area contributed by atoms with Gasteiger partial charge in [-0.25, -0.2) is 0 Å². The van der Waals surface area contributed by atoms with Crippen LogP contribution in [0, 0.1) is 12.8 Å². The Kier molecular flexibility index (Phi) is 3.61. The van der Waals surface area contributed by atoms with Crippen molar-refractivity contribution >= 4 is 0 Å². The van der Waals surface area contributed by atoms with E-state index in [0.29, 0.717) is 5.69 Å². The summed E-state index contributed by atoms with van der Waals surface area (Å²) >= 11 is 0. The largest absolute Gasteiger partial charge is 0.385 e. The summed E-state index contributed by atoms with van der Waals surface area (Å²) in [6, 6.07) is 3.52. The summed E-state index contributed by atoms with van der Waals surface area (Å²) in [5.41, 5.74) is 7.54. The molecule has 0 aliphatic carbocycles. The highest BCUT2D eigenvalue weighted by atomic mass is 16.3. The van der Waals surface area contributed by atoms with Gasteiger partial charge in [-0.15, -0.1) is 0 Å². The monoisotopic (exact) mass is 194 g/mol. The van der Waals surface area contributed by atoms with Gasteiger partial charge in [-0.2, -0.15) is 0 Å². The van der Waals surface area contributed by atoms with E-state index in [1.807, 2.05) is 32.9 Å². The molecule has 0 aliphatic rings. The molecule has 0 bridgehead atoms. The molecule has 0 aliphatic heterocycles. The summed E-state index contributed by atoms with van der Waals surface area (Å²) in [4.78, 5) is 4.15. The van der Waals surface area contributed by atoms with Crippen molar-refractivity contribution in [3.8, 4) is 0 Å². The summed E-state index contributed by atoms with van der Waals surface area (Å²) in [7, 11) is 0. The maximum atomic E-state index is 9.95. The maximum Gasteiger partial charge on any atom is 0.111 e. The third-order valence-corrected chi connectivity index (χ3v) is 2.46. The Morgan fingerprint density at radius 2 is 2.07 bits per heavy atom. The molecule has 2 atom stereocenters. The molecule has 0 aromatic carbocycles.